The molecule has 0 aromatic heterocycles. The summed E-state index contributed by atoms with van der Waals surface area (Å²) in [4.78, 5) is 39.0. The lowest BCUT2D eigenvalue weighted by molar-refractivity contribution is -0.135. The van der Waals surface area contributed by atoms with Gasteiger partial charge < -0.3 is 14.4 Å². The number of amides is 1. The van der Waals surface area contributed by atoms with Gasteiger partial charge in [-0.15, -0.1) is 0 Å². The van der Waals surface area contributed by atoms with E-state index in [0.29, 0.717) is 49.4 Å². The average Bonchev–Trinajstić information content (AvgIpc) is 2.73. The van der Waals surface area contributed by atoms with Crippen LogP contribution >= 0.6 is 15.9 Å². The van der Waals surface area contributed by atoms with E-state index in [2.05, 4.69) is 15.9 Å². The number of carbonyl (C=O) groups is 3. The van der Waals surface area contributed by atoms with Gasteiger partial charge in [0.1, 0.15) is 17.1 Å². The maximum Gasteiger partial charge on any atom is 0.312 e. The minimum absolute atomic E-state index is 0.0326. The van der Waals surface area contributed by atoms with Crippen LogP contribution in [0.1, 0.15) is 60.0 Å². The maximum atomic E-state index is 13.1. The molecular weight excluding hydrogens is 462 g/mol. The van der Waals surface area contributed by atoms with Crippen LogP contribution in [0, 0.1) is 0 Å². The number of benzene rings is 2. The largest absolute Gasteiger partial charge is 0.485 e. The van der Waals surface area contributed by atoms with E-state index < -0.39 is 5.60 Å². The quantitative estimate of drug-likeness (QED) is 0.448. The summed E-state index contributed by atoms with van der Waals surface area (Å²) >= 11 is 3.51. The molecule has 1 fully saturated rings. The normalized spacial score (nSPS) is 21.7. The van der Waals surface area contributed by atoms with E-state index in [4.69, 9.17) is 9.47 Å². The van der Waals surface area contributed by atoms with E-state index in [1.807, 2.05) is 24.3 Å². The van der Waals surface area contributed by atoms with Gasteiger partial charge in [-0.2, -0.15) is 0 Å². The molecule has 6 nitrogen and oxygen atoms in total. The number of carbonyl (C=O) groups excluding carboxylic acids is 3. The van der Waals surface area contributed by atoms with Crippen LogP contribution in [0.3, 0.4) is 0 Å². The predicted octanol–water partition coefficient (Wildman–Crippen LogP) is 4.24. The van der Waals surface area contributed by atoms with E-state index >= 15 is 0 Å². The first-order valence-electron chi connectivity index (χ1n) is 10.5. The van der Waals surface area contributed by atoms with Gasteiger partial charge in [0.15, 0.2) is 5.78 Å². The van der Waals surface area contributed by atoms with Crippen LogP contribution in [0.25, 0.3) is 0 Å². The van der Waals surface area contributed by atoms with Crippen LogP contribution in [0.2, 0.25) is 0 Å². The third-order valence-corrected chi connectivity index (χ3v) is 7.07. The number of rotatable bonds is 1. The van der Waals surface area contributed by atoms with Crippen molar-refractivity contribution in [1.82, 2.24) is 4.90 Å². The van der Waals surface area contributed by atoms with E-state index in [1.165, 1.54) is 0 Å². The summed E-state index contributed by atoms with van der Waals surface area (Å²) in [5.41, 5.74) is 1.63. The highest BCUT2D eigenvalue weighted by molar-refractivity contribution is 9.10. The number of piperidine rings is 1. The number of esters is 1. The summed E-state index contributed by atoms with van der Waals surface area (Å²) in [6.07, 6.45) is 1.68. The monoisotopic (exact) mass is 483 g/mol. The van der Waals surface area contributed by atoms with Crippen molar-refractivity contribution >= 4 is 33.6 Å². The Morgan fingerprint density at radius 3 is 2.65 bits per heavy atom. The molecule has 1 spiro atoms. The Bertz CT molecular complexity index is 1100. The van der Waals surface area contributed by atoms with E-state index in [0.717, 1.165) is 15.6 Å². The molecule has 31 heavy (non-hydrogen) atoms. The molecule has 1 atom stereocenters. The Morgan fingerprint density at radius 1 is 1.16 bits per heavy atom. The number of likely N-dealkylation sites (tertiary alicyclic amines) is 1. The second kappa shape index (κ2) is 7.48. The fraction of sp³-hybridized carbons (Fsp3) is 0.375. The molecule has 1 saturated heterocycles. The van der Waals surface area contributed by atoms with Crippen molar-refractivity contribution in [3.8, 4) is 11.5 Å². The SMILES string of the molecule is CC(=O)N1CCC2(CC1)CC(=O)c1ccc3c(c1O2)[C@H](c1cccc(Br)c1)CC(=O)O3. The first-order chi connectivity index (χ1) is 14.8. The minimum atomic E-state index is -0.631. The highest BCUT2D eigenvalue weighted by Gasteiger charge is 2.46. The number of ketones is 1. The molecule has 3 heterocycles. The van der Waals surface area contributed by atoms with Gasteiger partial charge in [0, 0.05) is 48.8 Å². The third kappa shape index (κ3) is 3.55. The summed E-state index contributed by atoms with van der Waals surface area (Å²) in [6.45, 7) is 2.70. The van der Waals surface area contributed by atoms with Gasteiger partial charge in [0.2, 0.25) is 5.91 Å². The molecule has 2 aromatic carbocycles. The summed E-state index contributed by atoms with van der Waals surface area (Å²) < 4.78 is 13.1. The molecule has 3 aliphatic heterocycles. The summed E-state index contributed by atoms with van der Waals surface area (Å²) in [6, 6.07) is 11.2. The molecule has 0 bridgehead atoms. The fourth-order valence-electron chi connectivity index (χ4n) is 4.92. The molecule has 0 radical (unpaired) electrons. The number of nitrogens with zero attached hydrogens (tertiary/aromatic N) is 1. The van der Waals surface area contributed by atoms with Crippen molar-refractivity contribution in [1.29, 1.82) is 0 Å². The van der Waals surface area contributed by atoms with Crippen molar-refractivity contribution in [2.45, 2.75) is 44.1 Å². The lowest BCUT2D eigenvalue weighted by Crippen LogP contribution is -2.52. The van der Waals surface area contributed by atoms with Crippen molar-refractivity contribution in [2.75, 3.05) is 13.1 Å². The molecule has 0 N–H and O–H groups in total. The Morgan fingerprint density at radius 2 is 1.94 bits per heavy atom. The molecular formula is C24H22BrNO5. The van der Waals surface area contributed by atoms with E-state index in [-0.39, 0.29) is 30.0 Å². The molecule has 160 valence electrons. The van der Waals surface area contributed by atoms with Crippen molar-refractivity contribution in [3.63, 3.8) is 0 Å². The smallest absolute Gasteiger partial charge is 0.312 e. The van der Waals surface area contributed by atoms with Gasteiger partial charge in [-0.25, -0.2) is 0 Å². The lowest BCUT2D eigenvalue weighted by atomic mass is 9.79. The maximum absolute atomic E-state index is 13.1. The van der Waals surface area contributed by atoms with Gasteiger partial charge in [-0.05, 0) is 29.8 Å². The zero-order valence-corrected chi connectivity index (χ0v) is 18.7. The fourth-order valence-corrected chi connectivity index (χ4v) is 5.34. The molecule has 1 amide bonds. The standard InChI is InChI=1S/C24H22BrNO5/c1-14(27)26-9-7-24(8-10-26)13-19(28)17-5-6-20-22(23(17)31-24)18(12-21(29)30-20)15-3-2-4-16(25)11-15/h2-6,11,18H,7-10,12-13H2,1H3/t18-/m0/s1. The van der Waals surface area contributed by atoms with Crippen LogP contribution in [-0.2, 0) is 9.59 Å². The van der Waals surface area contributed by atoms with Crippen LogP contribution in [0.5, 0.6) is 11.5 Å². The van der Waals surface area contributed by atoms with E-state index in [9.17, 15) is 14.4 Å². The van der Waals surface area contributed by atoms with E-state index in [1.54, 1.807) is 24.0 Å². The lowest BCUT2D eigenvalue weighted by Gasteiger charge is -2.45. The number of halogens is 1. The summed E-state index contributed by atoms with van der Waals surface area (Å²) in [5, 5.41) is 0. The summed E-state index contributed by atoms with van der Waals surface area (Å²) in [7, 11) is 0. The van der Waals surface area contributed by atoms with Crippen LogP contribution in [-0.4, -0.2) is 41.3 Å². The first-order valence-corrected chi connectivity index (χ1v) is 11.3. The number of Topliss-reactive ketones (excluding diaryl/α,β-unsaturated/α-hetero) is 1. The van der Waals surface area contributed by atoms with Crippen LogP contribution in [0.4, 0.5) is 0 Å². The Labute approximate surface area is 188 Å². The van der Waals surface area contributed by atoms with Crippen molar-refractivity contribution in [3.05, 3.63) is 57.6 Å². The van der Waals surface area contributed by atoms with Gasteiger partial charge in [-0.3, -0.25) is 14.4 Å². The molecule has 0 aliphatic carbocycles. The minimum Gasteiger partial charge on any atom is -0.485 e. The Balaban J connectivity index is 1.59. The molecule has 7 heteroatoms. The molecule has 0 saturated carbocycles. The van der Waals surface area contributed by atoms with Crippen molar-refractivity contribution < 1.29 is 23.9 Å². The zero-order chi connectivity index (χ0) is 21.8. The molecule has 3 aliphatic rings. The first kappa shape index (κ1) is 20.2. The summed E-state index contributed by atoms with van der Waals surface area (Å²) in [5.74, 6) is 0.489. The van der Waals surface area contributed by atoms with Crippen LogP contribution in [0.15, 0.2) is 40.9 Å². The second-order valence-corrected chi connectivity index (χ2v) is 9.45. The van der Waals surface area contributed by atoms with Gasteiger partial charge in [0.25, 0.3) is 0 Å². The van der Waals surface area contributed by atoms with Gasteiger partial charge in [0.05, 0.1) is 18.4 Å². The highest BCUT2D eigenvalue weighted by Crippen LogP contribution is 2.50. The Kier molecular flexibility index (Phi) is 4.88. The molecule has 5 rings (SSSR count). The number of hydrogen-bond acceptors (Lipinski definition) is 5. The topological polar surface area (TPSA) is 72.9 Å². The predicted molar refractivity (Wildman–Crippen MR) is 116 cm³/mol. The number of hydrogen-bond donors (Lipinski definition) is 0. The zero-order valence-electron chi connectivity index (χ0n) is 17.2. The highest BCUT2D eigenvalue weighted by atomic mass is 79.9. The average molecular weight is 484 g/mol. The molecule has 2 aromatic rings. The number of ether oxygens (including phenoxy) is 2. The third-order valence-electron chi connectivity index (χ3n) is 6.57. The van der Waals surface area contributed by atoms with Gasteiger partial charge >= 0.3 is 5.97 Å². The number of fused-ring (bicyclic) bond motifs is 3. The van der Waals surface area contributed by atoms with Gasteiger partial charge in [-0.1, -0.05) is 28.1 Å². The van der Waals surface area contributed by atoms with Crippen LogP contribution < -0.4 is 9.47 Å². The second-order valence-electron chi connectivity index (χ2n) is 8.53. The Hall–Kier alpha value is -2.67. The van der Waals surface area contributed by atoms with Crippen molar-refractivity contribution in [2.24, 2.45) is 0 Å². The molecule has 0 unspecified atom stereocenters.